The summed E-state index contributed by atoms with van der Waals surface area (Å²) in [6.45, 7) is 4.32. The zero-order valence-corrected chi connectivity index (χ0v) is 12.1. The molecule has 0 aliphatic carbocycles. The number of rotatable bonds is 6. The molecule has 1 heterocycles. The first kappa shape index (κ1) is 15.0. The third-order valence-electron chi connectivity index (χ3n) is 3.80. The van der Waals surface area contributed by atoms with Crippen molar-refractivity contribution < 1.29 is 9.90 Å². The quantitative estimate of drug-likeness (QED) is 0.836. The lowest BCUT2D eigenvalue weighted by molar-refractivity contribution is -0.120. The fourth-order valence-corrected chi connectivity index (χ4v) is 2.79. The normalized spacial score (nSPS) is 19.2. The molecule has 0 spiro atoms. The predicted molar refractivity (Wildman–Crippen MR) is 80.7 cm³/mol. The van der Waals surface area contributed by atoms with Crippen LogP contribution in [0, 0.1) is 0 Å². The van der Waals surface area contributed by atoms with Crippen LogP contribution >= 0.6 is 0 Å². The van der Waals surface area contributed by atoms with E-state index < -0.39 is 0 Å². The number of carbonyl (C=O) groups is 1. The number of aliphatic hydroxyl groups is 1. The van der Waals surface area contributed by atoms with E-state index in [1.54, 1.807) is 0 Å². The van der Waals surface area contributed by atoms with Crippen LogP contribution in [-0.2, 0) is 11.2 Å². The van der Waals surface area contributed by atoms with Crippen LogP contribution in [0.25, 0.3) is 0 Å². The first-order valence-corrected chi connectivity index (χ1v) is 7.49. The maximum absolute atomic E-state index is 12.3. The molecule has 1 unspecified atom stereocenters. The van der Waals surface area contributed by atoms with E-state index in [0.29, 0.717) is 6.42 Å². The lowest BCUT2D eigenvalue weighted by Gasteiger charge is -2.23. The number of aliphatic hydroxyl groups excluding tert-OH is 1. The second-order valence-corrected chi connectivity index (χ2v) is 5.35. The number of benzene rings is 1. The smallest absolute Gasteiger partial charge is 0.241 e. The topological polar surface area (TPSA) is 52.6 Å². The third-order valence-corrected chi connectivity index (χ3v) is 3.80. The second-order valence-electron chi connectivity index (χ2n) is 5.35. The predicted octanol–water partition coefficient (Wildman–Crippen LogP) is 2.03. The number of amides is 1. The van der Waals surface area contributed by atoms with Crippen molar-refractivity contribution in [2.75, 3.05) is 25.0 Å². The third kappa shape index (κ3) is 3.81. The summed E-state index contributed by atoms with van der Waals surface area (Å²) in [6, 6.07) is 7.73. The van der Waals surface area contributed by atoms with Crippen LogP contribution in [0.3, 0.4) is 0 Å². The SMILES string of the molecule is CCCN1CCCC1C(=O)Nc1ccc(CCO)cc1. The molecule has 20 heavy (non-hydrogen) atoms. The molecule has 1 atom stereocenters. The number of likely N-dealkylation sites (tertiary alicyclic amines) is 1. The average Bonchev–Trinajstić information content (AvgIpc) is 2.90. The number of nitrogens with one attached hydrogen (secondary N) is 1. The van der Waals surface area contributed by atoms with Gasteiger partial charge in [-0.2, -0.15) is 0 Å². The Hall–Kier alpha value is -1.39. The molecule has 1 aliphatic heterocycles. The van der Waals surface area contributed by atoms with Crippen LogP contribution in [0.15, 0.2) is 24.3 Å². The molecule has 4 nitrogen and oxygen atoms in total. The van der Waals surface area contributed by atoms with Gasteiger partial charge in [0.25, 0.3) is 0 Å². The van der Waals surface area contributed by atoms with E-state index >= 15 is 0 Å². The Labute approximate surface area is 120 Å². The Morgan fingerprint density at radius 2 is 2.15 bits per heavy atom. The van der Waals surface area contributed by atoms with Gasteiger partial charge in [0.05, 0.1) is 6.04 Å². The van der Waals surface area contributed by atoms with Gasteiger partial charge in [-0.25, -0.2) is 0 Å². The lowest BCUT2D eigenvalue weighted by Crippen LogP contribution is -2.39. The fourth-order valence-electron chi connectivity index (χ4n) is 2.79. The van der Waals surface area contributed by atoms with Crippen molar-refractivity contribution in [2.24, 2.45) is 0 Å². The summed E-state index contributed by atoms with van der Waals surface area (Å²) in [7, 11) is 0. The van der Waals surface area contributed by atoms with Crippen molar-refractivity contribution >= 4 is 11.6 Å². The summed E-state index contributed by atoms with van der Waals surface area (Å²) in [5, 5.41) is 11.9. The molecule has 1 aliphatic rings. The number of anilines is 1. The molecule has 1 aromatic carbocycles. The highest BCUT2D eigenvalue weighted by Gasteiger charge is 2.29. The molecule has 110 valence electrons. The summed E-state index contributed by atoms with van der Waals surface area (Å²) in [5.41, 5.74) is 1.92. The molecule has 0 saturated carbocycles. The molecule has 2 N–H and O–H groups in total. The monoisotopic (exact) mass is 276 g/mol. The van der Waals surface area contributed by atoms with E-state index in [-0.39, 0.29) is 18.6 Å². The van der Waals surface area contributed by atoms with Crippen molar-refractivity contribution in [2.45, 2.75) is 38.6 Å². The molecule has 1 saturated heterocycles. The highest BCUT2D eigenvalue weighted by atomic mass is 16.3. The van der Waals surface area contributed by atoms with E-state index in [0.717, 1.165) is 43.6 Å². The van der Waals surface area contributed by atoms with Gasteiger partial charge in [0.1, 0.15) is 0 Å². The standard InChI is InChI=1S/C16H24N2O2/c1-2-10-18-11-3-4-15(18)16(20)17-14-7-5-13(6-8-14)9-12-19/h5-8,15,19H,2-4,9-12H2,1H3,(H,17,20). The minimum absolute atomic E-state index is 0.0204. The largest absolute Gasteiger partial charge is 0.396 e. The van der Waals surface area contributed by atoms with Gasteiger partial charge >= 0.3 is 0 Å². The molecule has 1 fully saturated rings. The van der Waals surface area contributed by atoms with Gasteiger partial charge in [-0.3, -0.25) is 9.69 Å². The highest BCUT2D eigenvalue weighted by molar-refractivity contribution is 5.95. The minimum Gasteiger partial charge on any atom is -0.396 e. The summed E-state index contributed by atoms with van der Waals surface area (Å²) < 4.78 is 0. The lowest BCUT2D eigenvalue weighted by atomic mass is 10.1. The molecular formula is C16H24N2O2. The van der Waals surface area contributed by atoms with Crippen LogP contribution < -0.4 is 5.32 Å². The minimum atomic E-state index is 0.0204. The maximum atomic E-state index is 12.3. The van der Waals surface area contributed by atoms with Gasteiger partial charge in [-0.15, -0.1) is 0 Å². The molecular weight excluding hydrogens is 252 g/mol. The molecule has 4 heteroatoms. The van der Waals surface area contributed by atoms with Crippen LogP contribution in [0.5, 0.6) is 0 Å². The van der Waals surface area contributed by atoms with Crippen LogP contribution in [0.4, 0.5) is 5.69 Å². The Kier molecular flexibility index (Phi) is 5.56. The number of nitrogens with zero attached hydrogens (tertiary/aromatic N) is 1. The highest BCUT2D eigenvalue weighted by Crippen LogP contribution is 2.19. The fraction of sp³-hybridized carbons (Fsp3) is 0.562. The Morgan fingerprint density at radius 3 is 2.80 bits per heavy atom. The van der Waals surface area contributed by atoms with E-state index in [2.05, 4.69) is 17.1 Å². The van der Waals surface area contributed by atoms with Crippen molar-refractivity contribution in [1.82, 2.24) is 4.90 Å². The van der Waals surface area contributed by atoms with Gasteiger partial charge < -0.3 is 10.4 Å². The van der Waals surface area contributed by atoms with E-state index in [1.807, 2.05) is 24.3 Å². The van der Waals surface area contributed by atoms with Crippen LogP contribution in [-0.4, -0.2) is 41.7 Å². The summed E-state index contributed by atoms with van der Waals surface area (Å²) in [6.07, 6.45) is 3.79. The van der Waals surface area contributed by atoms with Crippen LogP contribution in [0.1, 0.15) is 31.7 Å². The number of carbonyl (C=O) groups excluding carboxylic acids is 1. The molecule has 1 amide bonds. The van der Waals surface area contributed by atoms with Crippen molar-refractivity contribution in [3.8, 4) is 0 Å². The molecule has 0 bridgehead atoms. The van der Waals surface area contributed by atoms with E-state index in [1.165, 1.54) is 0 Å². The van der Waals surface area contributed by atoms with Gasteiger partial charge in [0.15, 0.2) is 0 Å². The van der Waals surface area contributed by atoms with Gasteiger partial charge in [-0.1, -0.05) is 19.1 Å². The first-order valence-electron chi connectivity index (χ1n) is 7.49. The summed E-state index contributed by atoms with van der Waals surface area (Å²) in [4.78, 5) is 14.6. The number of hydrogen-bond acceptors (Lipinski definition) is 3. The van der Waals surface area contributed by atoms with Gasteiger partial charge in [0, 0.05) is 12.3 Å². The average molecular weight is 276 g/mol. The Morgan fingerprint density at radius 1 is 1.40 bits per heavy atom. The van der Waals surface area contributed by atoms with E-state index in [9.17, 15) is 4.79 Å². The Bertz CT molecular complexity index is 431. The van der Waals surface area contributed by atoms with Crippen molar-refractivity contribution in [3.63, 3.8) is 0 Å². The zero-order chi connectivity index (χ0) is 14.4. The molecule has 0 aromatic heterocycles. The summed E-state index contributed by atoms with van der Waals surface area (Å²) in [5.74, 6) is 0.103. The first-order chi connectivity index (χ1) is 9.74. The van der Waals surface area contributed by atoms with Crippen LogP contribution in [0.2, 0.25) is 0 Å². The van der Waals surface area contributed by atoms with Gasteiger partial charge in [-0.05, 0) is 56.5 Å². The number of hydrogen-bond donors (Lipinski definition) is 2. The molecule has 1 aromatic rings. The maximum Gasteiger partial charge on any atom is 0.241 e. The molecule has 0 radical (unpaired) electrons. The Balaban J connectivity index is 1.93. The van der Waals surface area contributed by atoms with Crippen molar-refractivity contribution in [1.29, 1.82) is 0 Å². The zero-order valence-electron chi connectivity index (χ0n) is 12.1. The van der Waals surface area contributed by atoms with Crippen molar-refractivity contribution in [3.05, 3.63) is 29.8 Å². The van der Waals surface area contributed by atoms with E-state index in [4.69, 9.17) is 5.11 Å². The second kappa shape index (κ2) is 7.41. The molecule has 2 rings (SSSR count). The van der Waals surface area contributed by atoms with Gasteiger partial charge in [0.2, 0.25) is 5.91 Å². The summed E-state index contributed by atoms with van der Waals surface area (Å²) >= 11 is 0.